The maximum absolute atomic E-state index is 12.8. The summed E-state index contributed by atoms with van der Waals surface area (Å²) in [6.45, 7) is 3.65. The number of hydrogen-bond donors (Lipinski definition) is 6. The minimum atomic E-state index is -4.26. The molecule has 0 aliphatic carbocycles. The number of likely N-dealkylation sites (N-methyl/N-ethyl adjacent to an activating group) is 1. The van der Waals surface area contributed by atoms with Crippen LogP contribution in [0.1, 0.15) is 25.8 Å². The van der Waals surface area contributed by atoms with E-state index in [2.05, 4.69) is 20.3 Å². The number of para-hydroxylation sites is 1. The zero-order valence-electron chi connectivity index (χ0n) is 16.5. The SMILES string of the molecule is CNC(=O)C(Cc1c[nH]c2ccccc12)NC(=O)C(CC(C)C)NS(=O)(=O)NO. The summed E-state index contributed by atoms with van der Waals surface area (Å²) in [5.74, 6) is -1.08. The van der Waals surface area contributed by atoms with Crippen LogP contribution in [0.3, 0.4) is 0 Å². The molecule has 1 aromatic heterocycles. The Hall–Kier alpha value is -2.47. The lowest BCUT2D eigenvalue weighted by Gasteiger charge is -2.23. The lowest BCUT2D eigenvalue weighted by molar-refractivity contribution is -0.129. The van der Waals surface area contributed by atoms with E-state index >= 15 is 0 Å². The van der Waals surface area contributed by atoms with Gasteiger partial charge in [0.2, 0.25) is 11.8 Å². The van der Waals surface area contributed by atoms with Crippen molar-refractivity contribution >= 4 is 32.9 Å². The number of rotatable bonds is 10. The van der Waals surface area contributed by atoms with E-state index in [-0.39, 0.29) is 18.8 Å². The normalized spacial score (nSPS) is 14.0. The first kappa shape index (κ1) is 22.8. The molecule has 2 aromatic rings. The van der Waals surface area contributed by atoms with Crippen molar-refractivity contribution in [3.63, 3.8) is 0 Å². The molecule has 2 unspecified atom stereocenters. The summed E-state index contributed by atoms with van der Waals surface area (Å²) >= 11 is 0. The van der Waals surface area contributed by atoms with Gasteiger partial charge in [0.1, 0.15) is 12.1 Å². The van der Waals surface area contributed by atoms with Gasteiger partial charge < -0.3 is 20.8 Å². The number of carbonyl (C=O) groups is 2. The Bertz CT molecular complexity index is 956. The molecule has 1 heterocycles. The van der Waals surface area contributed by atoms with Crippen molar-refractivity contribution < 1.29 is 23.2 Å². The highest BCUT2D eigenvalue weighted by Gasteiger charge is 2.29. The van der Waals surface area contributed by atoms with Gasteiger partial charge >= 0.3 is 0 Å². The fraction of sp³-hybridized carbons (Fsp3) is 0.444. The van der Waals surface area contributed by atoms with E-state index in [9.17, 15) is 18.0 Å². The predicted octanol–water partition coefficient (Wildman–Crippen LogP) is 0.169. The van der Waals surface area contributed by atoms with Crippen molar-refractivity contribution in [3.8, 4) is 0 Å². The molecule has 0 saturated heterocycles. The van der Waals surface area contributed by atoms with Gasteiger partial charge in [-0.3, -0.25) is 9.59 Å². The Kier molecular flexibility index (Phi) is 7.73. The van der Waals surface area contributed by atoms with E-state index in [0.717, 1.165) is 21.4 Å². The maximum atomic E-state index is 12.8. The van der Waals surface area contributed by atoms with Crippen LogP contribution in [0.15, 0.2) is 30.5 Å². The molecular formula is C18H27N5O5S. The molecule has 0 bridgehead atoms. The minimum Gasteiger partial charge on any atom is -0.361 e. The Labute approximate surface area is 169 Å². The summed E-state index contributed by atoms with van der Waals surface area (Å²) in [5.41, 5.74) is 1.75. The van der Waals surface area contributed by atoms with Crippen molar-refractivity contribution in [2.24, 2.45) is 5.92 Å². The van der Waals surface area contributed by atoms with Crippen molar-refractivity contribution in [3.05, 3.63) is 36.0 Å². The number of fused-ring (bicyclic) bond motifs is 1. The number of amides is 2. The Morgan fingerprint density at radius 1 is 1.14 bits per heavy atom. The van der Waals surface area contributed by atoms with Gasteiger partial charge in [0, 0.05) is 30.6 Å². The molecule has 10 nitrogen and oxygen atoms in total. The third-order valence-corrected chi connectivity index (χ3v) is 5.25. The summed E-state index contributed by atoms with van der Waals surface area (Å²) in [7, 11) is -2.80. The number of aromatic nitrogens is 1. The molecule has 2 rings (SSSR count). The van der Waals surface area contributed by atoms with Gasteiger partial charge in [-0.1, -0.05) is 36.9 Å². The van der Waals surface area contributed by atoms with Crippen LogP contribution >= 0.6 is 0 Å². The van der Waals surface area contributed by atoms with Crippen molar-refractivity contribution in [1.29, 1.82) is 0 Å². The molecule has 6 N–H and O–H groups in total. The summed E-state index contributed by atoms with van der Waals surface area (Å²) in [4.78, 5) is 29.4. The van der Waals surface area contributed by atoms with Crippen LogP contribution in [0.2, 0.25) is 0 Å². The highest BCUT2D eigenvalue weighted by atomic mass is 32.2. The Morgan fingerprint density at radius 2 is 1.83 bits per heavy atom. The van der Waals surface area contributed by atoms with E-state index in [4.69, 9.17) is 5.21 Å². The van der Waals surface area contributed by atoms with Gasteiger partial charge in [0.05, 0.1) is 0 Å². The van der Waals surface area contributed by atoms with Crippen LogP contribution in [0, 0.1) is 5.92 Å². The van der Waals surface area contributed by atoms with Crippen LogP contribution in [0.5, 0.6) is 0 Å². The lowest BCUT2D eigenvalue weighted by Crippen LogP contribution is -2.55. The van der Waals surface area contributed by atoms with Crippen LogP contribution in [0.4, 0.5) is 0 Å². The molecule has 11 heteroatoms. The van der Waals surface area contributed by atoms with Gasteiger partial charge in [-0.15, -0.1) is 0 Å². The molecular weight excluding hydrogens is 398 g/mol. The van der Waals surface area contributed by atoms with Gasteiger partial charge in [-0.25, -0.2) is 0 Å². The van der Waals surface area contributed by atoms with Crippen LogP contribution in [-0.4, -0.2) is 49.6 Å². The standard InChI is InChI=1S/C18H27N5O5S/c1-11(2)8-16(22-29(27,28)23-26)18(25)21-15(17(24)19-3)9-12-10-20-14-7-5-4-6-13(12)14/h4-7,10-11,15-16,20,22-23,26H,8-9H2,1-3H3,(H,19,24)(H,21,25). The third kappa shape index (κ3) is 6.26. The molecule has 0 aliphatic heterocycles. The number of H-pyrrole nitrogens is 1. The van der Waals surface area contributed by atoms with E-state index in [0.29, 0.717) is 0 Å². The van der Waals surface area contributed by atoms with Crippen LogP contribution < -0.4 is 20.2 Å². The summed E-state index contributed by atoms with van der Waals surface area (Å²) < 4.78 is 25.4. The maximum Gasteiger partial charge on any atom is 0.299 e. The molecule has 1 aromatic carbocycles. The first-order valence-corrected chi connectivity index (χ1v) is 10.6. The molecule has 2 amide bonds. The molecule has 0 fully saturated rings. The third-order valence-electron chi connectivity index (χ3n) is 4.42. The molecule has 0 aliphatic rings. The van der Waals surface area contributed by atoms with E-state index in [1.807, 2.05) is 38.1 Å². The predicted molar refractivity (Wildman–Crippen MR) is 108 cm³/mol. The fourth-order valence-corrected chi connectivity index (χ4v) is 3.70. The largest absolute Gasteiger partial charge is 0.361 e. The van der Waals surface area contributed by atoms with Gasteiger partial charge in [0.25, 0.3) is 10.2 Å². The summed E-state index contributed by atoms with van der Waals surface area (Å²) in [5, 5.41) is 14.8. The number of aromatic amines is 1. The molecule has 0 radical (unpaired) electrons. The van der Waals surface area contributed by atoms with Crippen molar-refractivity contribution in [2.45, 2.75) is 38.8 Å². The second kappa shape index (κ2) is 9.83. The smallest absolute Gasteiger partial charge is 0.299 e. The quantitative estimate of drug-likeness (QED) is 0.300. The molecule has 160 valence electrons. The van der Waals surface area contributed by atoms with Crippen LogP contribution in [-0.2, 0) is 26.2 Å². The van der Waals surface area contributed by atoms with Crippen molar-refractivity contribution in [2.75, 3.05) is 7.05 Å². The van der Waals surface area contributed by atoms with Crippen LogP contribution in [0.25, 0.3) is 10.9 Å². The fourth-order valence-electron chi connectivity index (χ4n) is 3.07. The Morgan fingerprint density at radius 3 is 2.45 bits per heavy atom. The average Bonchev–Trinajstić information content (AvgIpc) is 3.08. The average molecular weight is 426 g/mol. The molecule has 2 atom stereocenters. The number of nitrogens with one attached hydrogen (secondary N) is 5. The van der Waals surface area contributed by atoms with Crippen molar-refractivity contribution in [1.82, 2.24) is 25.2 Å². The Balaban J connectivity index is 2.22. The monoisotopic (exact) mass is 425 g/mol. The second-order valence-electron chi connectivity index (χ2n) is 7.13. The van der Waals surface area contributed by atoms with Gasteiger partial charge in [-0.2, -0.15) is 13.1 Å². The topological polar surface area (TPSA) is 152 Å². The minimum absolute atomic E-state index is 0.0146. The zero-order chi connectivity index (χ0) is 21.6. The molecule has 0 saturated carbocycles. The van der Waals surface area contributed by atoms with Gasteiger partial charge in [0.15, 0.2) is 0 Å². The summed E-state index contributed by atoms with van der Waals surface area (Å²) in [6.07, 6.45) is 2.17. The zero-order valence-corrected chi connectivity index (χ0v) is 17.3. The number of hydrogen-bond acceptors (Lipinski definition) is 5. The van der Waals surface area contributed by atoms with Gasteiger partial charge in [-0.05, 0) is 24.0 Å². The lowest BCUT2D eigenvalue weighted by atomic mass is 10.0. The number of benzene rings is 1. The first-order valence-electron chi connectivity index (χ1n) is 9.17. The second-order valence-corrected chi connectivity index (χ2v) is 8.56. The highest BCUT2D eigenvalue weighted by Crippen LogP contribution is 2.19. The summed E-state index contributed by atoms with van der Waals surface area (Å²) in [6, 6.07) is 5.51. The molecule has 0 spiro atoms. The van der Waals surface area contributed by atoms with E-state index < -0.39 is 34.1 Å². The first-order chi connectivity index (χ1) is 13.7. The van der Waals surface area contributed by atoms with E-state index in [1.165, 1.54) is 7.05 Å². The van der Waals surface area contributed by atoms with E-state index in [1.54, 1.807) is 6.20 Å². The number of carbonyl (C=O) groups excluding carboxylic acids is 2. The highest BCUT2D eigenvalue weighted by molar-refractivity contribution is 7.87. The molecule has 29 heavy (non-hydrogen) atoms.